The van der Waals surface area contributed by atoms with Crippen LogP contribution in [0.15, 0.2) is 76.0 Å². The van der Waals surface area contributed by atoms with Crippen molar-refractivity contribution in [3.8, 4) is 28.7 Å². The lowest BCUT2D eigenvalue weighted by Crippen LogP contribution is -2.30. The molecule has 38 heavy (non-hydrogen) atoms. The number of rotatable bonds is 7. The lowest BCUT2D eigenvalue weighted by atomic mass is 10.1. The number of aryl methyl sites for hydroxylation is 1. The number of benzene rings is 2. The van der Waals surface area contributed by atoms with Crippen molar-refractivity contribution in [1.29, 1.82) is 0 Å². The fraction of sp³-hybridized carbons (Fsp3) is 0.143. The van der Waals surface area contributed by atoms with Crippen LogP contribution < -0.4 is 10.1 Å². The summed E-state index contributed by atoms with van der Waals surface area (Å²) < 4.78 is 21.8. The highest BCUT2D eigenvalue weighted by Crippen LogP contribution is 2.33. The van der Waals surface area contributed by atoms with E-state index in [1.54, 1.807) is 67.8 Å². The third-order valence-corrected chi connectivity index (χ3v) is 6.21. The Kier molecular flexibility index (Phi) is 6.85. The van der Waals surface area contributed by atoms with Crippen molar-refractivity contribution >= 4 is 40.2 Å². The van der Waals surface area contributed by atoms with Gasteiger partial charge in [0.2, 0.25) is 0 Å². The molecule has 1 atom stereocenters. The van der Waals surface area contributed by atoms with Gasteiger partial charge in [-0.2, -0.15) is 0 Å². The van der Waals surface area contributed by atoms with E-state index in [1.807, 2.05) is 0 Å². The van der Waals surface area contributed by atoms with Crippen molar-refractivity contribution in [2.24, 2.45) is 0 Å². The van der Waals surface area contributed by atoms with Crippen LogP contribution in [0.5, 0.6) is 5.75 Å². The second-order valence-corrected chi connectivity index (χ2v) is 8.82. The minimum absolute atomic E-state index is 0.211. The lowest BCUT2D eigenvalue weighted by Gasteiger charge is -2.16. The fourth-order valence-corrected chi connectivity index (χ4v) is 3.95. The average molecular weight is 532 g/mol. The number of carbonyl (C=O) groups excluding carboxylic acids is 2. The van der Waals surface area contributed by atoms with Crippen molar-refractivity contribution in [3.05, 3.63) is 83.3 Å². The quantitative estimate of drug-likeness (QED) is 0.243. The molecule has 0 spiro atoms. The number of anilines is 1. The predicted molar refractivity (Wildman–Crippen MR) is 141 cm³/mol. The van der Waals surface area contributed by atoms with Crippen LogP contribution >= 0.6 is 11.6 Å². The average Bonchev–Trinajstić information content (AvgIpc) is 3.64. The van der Waals surface area contributed by atoms with Crippen LogP contribution in [0.2, 0.25) is 5.02 Å². The summed E-state index contributed by atoms with van der Waals surface area (Å²) in [6.45, 7) is 3.28. The first-order chi connectivity index (χ1) is 18.3. The van der Waals surface area contributed by atoms with E-state index in [2.05, 4.69) is 10.3 Å². The number of hydrogen-bond donors (Lipinski definition) is 1. The zero-order chi connectivity index (χ0) is 26.8. The maximum atomic E-state index is 12.9. The first-order valence-corrected chi connectivity index (χ1v) is 12.0. The minimum atomic E-state index is -1.09. The highest BCUT2D eigenvalue weighted by Gasteiger charge is 2.22. The number of halogens is 1. The maximum Gasteiger partial charge on any atom is 0.338 e. The first kappa shape index (κ1) is 25.0. The molecule has 3 heterocycles. The van der Waals surface area contributed by atoms with Gasteiger partial charge in [0.1, 0.15) is 17.1 Å². The topological polar surface area (TPSA) is 117 Å². The third-order valence-electron chi connectivity index (χ3n) is 5.80. The minimum Gasteiger partial charge on any atom is -0.495 e. The molecule has 0 aliphatic heterocycles. The Bertz CT molecular complexity index is 1630. The molecule has 0 radical (unpaired) electrons. The number of nitrogens with one attached hydrogen (secondary N) is 1. The van der Waals surface area contributed by atoms with E-state index in [-0.39, 0.29) is 5.56 Å². The first-order valence-electron chi connectivity index (χ1n) is 11.6. The Morgan fingerprint density at radius 3 is 2.21 bits per heavy atom. The monoisotopic (exact) mass is 531 g/mol. The van der Waals surface area contributed by atoms with Gasteiger partial charge in [-0.3, -0.25) is 4.79 Å². The second-order valence-electron chi connectivity index (χ2n) is 8.42. The van der Waals surface area contributed by atoms with Gasteiger partial charge in [0.25, 0.3) is 5.91 Å². The normalized spacial score (nSPS) is 11.8. The van der Waals surface area contributed by atoms with Gasteiger partial charge >= 0.3 is 5.97 Å². The molecule has 9 nitrogen and oxygen atoms in total. The van der Waals surface area contributed by atoms with Gasteiger partial charge in [0.05, 0.1) is 41.9 Å². The van der Waals surface area contributed by atoms with E-state index in [9.17, 15) is 9.59 Å². The molecule has 2 aromatic carbocycles. The number of amides is 1. The maximum absolute atomic E-state index is 12.9. The van der Waals surface area contributed by atoms with Crippen LogP contribution in [0.1, 0.15) is 22.8 Å². The number of carbonyl (C=O) groups is 2. The van der Waals surface area contributed by atoms with E-state index in [4.69, 9.17) is 34.9 Å². The smallest absolute Gasteiger partial charge is 0.338 e. The van der Waals surface area contributed by atoms with Crippen LogP contribution in [0, 0.1) is 6.92 Å². The number of ether oxygens (including phenoxy) is 2. The zero-order valence-corrected chi connectivity index (χ0v) is 21.4. The Morgan fingerprint density at radius 2 is 1.61 bits per heavy atom. The van der Waals surface area contributed by atoms with E-state index in [0.29, 0.717) is 50.4 Å². The van der Waals surface area contributed by atoms with Gasteiger partial charge < -0.3 is 23.6 Å². The van der Waals surface area contributed by atoms with Crippen LogP contribution in [-0.4, -0.2) is 35.1 Å². The molecule has 1 amide bonds. The number of aromatic nitrogens is 2. The van der Waals surface area contributed by atoms with E-state index < -0.39 is 18.0 Å². The van der Waals surface area contributed by atoms with Gasteiger partial charge in [0, 0.05) is 11.1 Å². The number of fused-ring (bicyclic) bond motifs is 1. The summed E-state index contributed by atoms with van der Waals surface area (Å²) in [7, 11) is 1.47. The number of nitrogens with zero attached hydrogens (tertiary/aromatic N) is 2. The fourth-order valence-electron chi connectivity index (χ4n) is 3.80. The van der Waals surface area contributed by atoms with Crippen molar-refractivity contribution in [3.63, 3.8) is 0 Å². The van der Waals surface area contributed by atoms with Crippen LogP contribution in [0.25, 0.3) is 33.9 Å². The largest absolute Gasteiger partial charge is 0.495 e. The molecule has 0 saturated heterocycles. The molecule has 3 aromatic heterocycles. The van der Waals surface area contributed by atoms with Crippen LogP contribution in [0.3, 0.4) is 0 Å². The summed E-state index contributed by atoms with van der Waals surface area (Å²) in [4.78, 5) is 35.1. The second kappa shape index (κ2) is 10.4. The molecule has 0 fully saturated rings. The molecule has 5 rings (SSSR count). The summed E-state index contributed by atoms with van der Waals surface area (Å²) >= 11 is 6.13. The standard InChI is InChI=1S/C28H22ClN3O6/c1-15-12-21(24(35-3)14-18(15)29)32-27(33)16(2)38-28(34)17-8-9-19-20(13-17)31-26(23-7-5-11-37-23)25(30-19)22-6-4-10-36-22/h4-14,16H,1-3H3,(H,32,33). The van der Waals surface area contributed by atoms with Gasteiger partial charge in [-0.15, -0.1) is 0 Å². The molecule has 0 bridgehead atoms. The molecule has 1 N–H and O–H groups in total. The third kappa shape index (κ3) is 4.96. The Balaban J connectivity index is 1.38. The molecule has 1 unspecified atom stereocenters. The number of methoxy groups -OCH3 is 1. The van der Waals surface area contributed by atoms with Crippen LogP contribution in [0.4, 0.5) is 5.69 Å². The molecule has 5 aromatic rings. The van der Waals surface area contributed by atoms with Gasteiger partial charge in [-0.1, -0.05) is 11.6 Å². The lowest BCUT2D eigenvalue weighted by molar-refractivity contribution is -0.123. The van der Waals surface area contributed by atoms with Crippen molar-refractivity contribution in [2.75, 3.05) is 12.4 Å². The summed E-state index contributed by atoms with van der Waals surface area (Å²) in [5.41, 5.74) is 3.34. The molecule has 0 aliphatic rings. The molecular formula is C28H22ClN3O6. The summed E-state index contributed by atoms with van der Waals surface area (Å²) in [6.07, 6.45) is 1.99. The van der Waals surface area contributed by atoms with E-state index >= 15 is 0 Å². The van der Waals surface area contributed by atoms with Crippen molar-refractivity contribution in [1.82, 2.24) is 9.97 Å². The van der Waals surface area contributed by atoms with Gasteiger partial charge in [-0.25, -0.2) is 14.8 Å². The van der Waals surface area contributed by atoms with Crippen molar-refractivity contribution < 1.29 is 27.9 Å². The highest BCUT2D eigenvalue weighted by molar-refractivity contribution is 6.31. The van der Waals surface area contributed by atoms with E-state index in [0.717, 1.165) is 5.56 Å². The summed E-state index contributed by atoms with van der Waals surface area (Å²) in [6, 6.07) is 15.1. The Morgan fingerprint density at radius 1 is 0.947 bits per heavy atom. The number of hydrogen-bond acceptors (Lipinski definition) is 8. The molecule has 0 aliphatic carbocycles. The molecule has 10 heteroatoms. The number of esters is 1. The summed E-state index contributed by atoms with van der Waals surface area (Å²) in [5, 5.41) is 3.22. The Labute approximate surface area is 222 Å². The molecular weight excluding hydrogens is 510 g/mol. The van der Waals surface area contributed by atoms with Crippen molar-refractivity contribution in [2.45, 2.75) is 20.0 Å². The highest BCUT2D eigenvalue weighted by atomic mass is 35.5. The van der Waals surface area contributed by atoms with E-state index in [1.165, 1.54) is 20.3 Å². The SMILES string of the molecule is COc1cc(Cl)c(C)cc1NC(=O)C(C)OC(=O)c1ccc2nc(-c3ccco3)c(-c3ccco3)nc2c1. The molecule has 0 saturated carbocycles. The van der Waals surface area contributed by atoms with Crippen LogP contribution in [-0.2, 0) is 9.53 Å². The zero-order valence-electron chi connectivity index (χ0n) is 20.7. The van der Waals surface area contributed by atoms with Gasteiger partial charge in [0.15, 0.2) is 17.6 Å². The Hall–Kier alpha value is -4.63. The molecule has 192 valence electrons. The number of furan rings is 2. The summed E-state index contributed by atoms with van der Waals surface area (Å²) in [5.74, 6) is 0.202. The predicted octanol–water partition coefficient (Wildman–Crippen LogP) is 6.30. The van der Waals surface area contributed by atoms with Gasteiger partial charge in [-0.05, 0) is 67.9 Å².